The predicted molar refractivity (Wildman–Crippen MR) is 161 cm³/mol. The molecule has 1 N–H and O–H groups in total. The van der Waals surface area contributed by atoms with E-state index in [1.165, 1.54) is 0 Å². The molecule has 8 nitrogen and oxygen atoms in total. The zero-order valence-corrected chi connectivity index (χ0v) is 22.7. The Kier molecular flexibility index (Phi) is 8.15. The van der Waals surface area contributed by atoms with Crippen LogP contribution in [0.2, 0.25) is 0 Å². The number of benzene rings is 3. The van der Waals surface area contributed by atoms with Crippen LogP contribution in [-0.4, -0.2) is 52.9 Å². The molecule has 2 aromatic heterocycles. The maximum Gasteiger partial charge on any atom is 0.224 e. The summed E-state index contributed by atoms with van der Waals surface area (Å²) in [7, 11) is 3.97. The number of nitrogens with one attached hydrogen (secondary N) is 1. The summed E-state index contributed by atoms with van der Waals surface area (Å²) < 4.78 is 3.90. The van der Waals surface area contributed by atoms with E-state index in [0.29, 0.717) is 24.9 Å². The van der Waals surface area contributed by atoms with Gasteiger partial charge in [0.2, 0.25) is 5.91 Å². The second-order valence-corrected chi connectivity index (χ2v) is 9.81. The summed E-state index contributed by atoms with van der Waals surface area (Å²) in [6, 6.07) is 25.2. The Morgan fingerprint density at radius 2 is 1.82 bits per heavy atom. The molecule has 0 aliphatic carbocycles. The average molecular weight is 533 g/mol. The molecule has 0 saturated heterocycles. The number of hydrogen-bond donors (Lipinski definition) is 1. The summed E-state index contributed by atoms with van der Waals surface area (Å²) in [5, 5.41) is 8.20. The van der Waals surface area contributed by atoms with Gasteiger partial charge in [-0.3, -0.25) is 14.6 Å². The lowest BCUT2D eigenvalue weighted by molar-refractivity contribution is -0.116. The molecular weight excluding hydrogens is 500 g/mol. The van der Waals surface area contributed by atoms with Gasteiger partial charge in [0.1, 0.15) is 6.54 Å². The van der Waals surface area contributed by atoms with Gasteiger partial charge in [-0.1, -0.05) is 12.1 Å². The van der Waals surface area contributed by atoms with Gasteiger partial charge in [0.05, 0.1) is 5.69 Å². The highest BCUT2D eigenvalue weighted by molar-refractivity contribution is 6.01. The molecule has 40 heavy (non-hydrogen) atoms. The number of carbonyl (C=O) groups excluding carboxylic acids is 2. The Labute approximate surface area is 233 Å². The van der Waals surface area contributed by atoms with Gasteiger partial charge in [-0.15, -0.1) is 0 Å². The Hall–Kier alpha value is -4.98. The number of aromatic nitrogens is 3. The summed E-state index contributed by atoms with van der Waals surface area (Å²) in [6.45, 7) is 0.789. The molecule has 0 unspecified atom stereocenters. The van der Waals surface area contributed by atoms with Crippen LogP contribution in [0.4, 0.5) is 11.4 Å². The topological polar surface area (TPSA) is 84.5 Å². The fourth-order valence-electron chi connectivity index (χ4n) is 4.54. The van der Waals surface area contributed by atoms with E-state index in [2.05, 4.69) is 20.0 Å². The van der Waals surface area contributed by atoms with Gasteiger partial charge >= 0.3 is 0 Å². The van der Waals surface area contributed by atoms with Gasteiger partial charge < -0.3 is 14.8 Å². The van der Waals surface area contributed by atoms with E-state index < -0.39 is 0 Å². The first-order valence-electron chi connectivity index (χ1n) is 13.3. The summed E-state index contributed by atoms with van der Waals surface area (Å²) >= 11 is 0. The third-order valence-electron chi connectivity index (χ3n) is 6.68. The van der Waals surface area contributed by atoms with Gasteiger partial charge in [-0.25, -0.2) is 4.68 Å². The number of anilines is 2. The smallest absolute Gasteiger partial charge is 0.224 e. The first-order valence-corrected chi connectivity index (χ1v) is 13.3. The van der Waals surface area contributed by atoms with Crippen LogP contribution < -0.4 is 10.2 Å². The largest absolute Gasteiger partial charge is 0.378 e. The van der Waals surface area contributed by atoms with Crippen molar-refractivity contribution >= 4 is 40.2 Å². The molecule has 0 fully saturated rings. The first-order chi connectivity index (χ1) is 19.5. The minimum absolute atomic E-state index is 0.00406. The van der Waals surface area contributed by atoms with E-state index >= 15 is 0 Å². The number of Topliss-reactive ketones (excluding diaryl/α,β-unsaturated/α-hetero) is 1. The maximum absolute atomic E-state index is 12.8. The number of carbonyl (C=O) groups is 2. The fourth-order valence-corrected chi connectivity index (χ4v) is 4.54. The molecular formula is C32H32N6O2. The van der Waals surface area contributed by atoms with E-state index in [-0.39, 0.29) is 18.2 Å². The lowest BCUT2D eigenvalue weighted by atomic mass is 10.1. The third kappa shape index (κ3) is 6.53. The van der Waals surface area contributed by atoms with E-state index in [0.717, 1.165) is 33.5 Å². The third-order valence-corrected chi connectivity index (χ3v) is 6.68. The van der Waals surface area contributed by atoms with Crippen LogP contribution in [0.3, 0.4) is 0 Å². The van der Waals surface area contributed by atoms with Crippen molar-refractivity contribution < 1.29 is 9.59 Å². The number of nitrogens with zero attached hydrogens (tertiary/aromatic N) is 5. The lowest BCUT2D eigenvalue weighted by Crippen LogP contribution is -2.13. The second kappa shape index (κ2) is 12.3. The molecule has 0 spiro atoms. The second-order valence-electron chi connectivity index (χ2n) is 9.81. The predicted octanol–water partition coefficient (Wildman–Crippen LogP) is 5.61. The summed E-state index contributed by atoms with van der Waals surface area (Å²) in [6.07, 6.45) is 8.47. The molecule has 8 heteroatoms. The van der Waals surface area contributed by atoms with Crippen molar-refractivity contribution in [2.45, 2.75) is 19.4 Å². The number of aliphatic imine (C=N–C) groups is 1. The van der Waals surface area contributed by atoms with Gasteiger partial charge in [0.25, 0.3) is 0 Å². The normalized spacial score (nSPS) is 11.2. The number of rotatable bonds is 11. The minimum Gasteiger partial charge on any atom is -0.378 e. The summed E-state index contributed by atoms with van der Waals surface area (Å²) in [5.74, 6) is -0.0416. The monoisotopic (exact) mass is 532 g/mol. The van der Waals surface area contributed by atoms with Crippen molar-refractivity contribution in [1.82, 2.24) is 14.3 Å². The van der Waals surface area contributed by atoms with Crippen molar-refractivity contribution in [2.75, 3.05) is 30.9 Å². The molecule has 3 aromatic carbocycles. The van der Waals surface area contributed by atoms with Crippen LogP contribution in [0.15, 0.2) is 102 Å². The van der Waals surface area contributed by atoms with Crippen molar-refractivity contribution in [3.8, 4) is 5.69 Å². The molecule has 0 saturated carbocycles. The Morgan fingerprint density at radius 1 is 0.975 bits per heavy atom. The van der Waals surface area contributed by atoms with Crippen molar-refractivity contribution in [2.24, 2.45) is 4.99 Å². The first kappa shape index (κ1) is 26.6. The van der Waals surface area contributed by atoms with E-state index in [1.807, 2.05) is 110 Å². The Balaban J connectivity index is 1.13. The van der Waals surface area contributed by atoms with Crippen LogP contribution in [0.1, 0.15) is 28.8 Å². The fraction of sp³-hybridized carbons (Fsp3) is 0.188. The van der Waals surface area contributed by atoms with Crippen LogP contribution in [0, 0.1) is 0 Å². The zero-order valence-electron chi connectivity index (χ0n) is 22.7. The maximum atomic E-state index is 12.8. The molecule has 2 heterocycles. The molecule has 202 valence electrons. The summed E-state index contributed by atoms with van der Waals surface area (Å²) in [4.78, 5) is 31.6. The highest BCUT2D eigenvalue weighted by atomic mass is 16.1. The minimum atomic E-state index is -0.0376. The standard InChI is InChI=1S/C32H32N6O2/c1-36(2)28-12-10-27(11-13-28)35-32(40)8-4-17-37-19-15-25-21-26(9-14-30(25)37)31(39)23-33-22-24-6-3-7-29(20-24)38-18-5-16-34-38/h3,5-7,9-16,18-22H,4,8,17,23H2,1-2H3,(H,35,40). The quantitative estimate of drug-likeness (QED) is 0.177. The average Bonchev–Trinajstić information content (AvgIpc) is 3.64. The van der Waals surface area contributed by atoms with E-state index in [1.54, 1.807) is 17.1 Å². The molecule has 1 amide bonds. The molecule has 0 aliphatic heterocycles. The van der Waals surface area contributed by atoms with Gasteiger partial charge in [0, 0.05) is 79.7 Å². The van der Waals surface area contributed by atoms with Crippen LogP contribution in [0.25, 0.3) is 16.6 Å². The van der Waals surface area contributed by atoms with Crippen LogP contribution in [0.5, 0.6) is 0 Å². The van der Waals surface area contributed by atoms with Crippen molar-refractivity contribution in [3.63, 3.8) is 0 Å². The van der Waals surface area contributed by atoms with Crippen molar-refractivity contribution in [3.05, 3.63) is 109 Å². The Bertz CT molecular complexity index is 1630. The molecule has 0 aliphatic rings. The SMILES string of the molecule is CN(C)c1ccc(NC(=O)CCCn2ccc3cc(C(=O)CN=Cc4cccc(-n5cccn5)c4)ccc32)cc1. The highest BCUT2D eigenvalue weighted by Crippen LogP contribution is 2.20. The Morgan fingerprint density at radius 3 is 2.60 bits per heavy atom. The number of hydrogen-bond acceptors (Lipinski definition) is 5. The molecule has 0 bridgehead atoms. The van der Waals surface area contributed by atoms with Crippen LogP contribution >= 0.6 is 0 Å². The van der Waals surface area contributed by atoms with Gasteiger partial charge in [-0.05, 0) is 78.7 Å². The molecule has 5 rings (SSSR count). The number of amides is 1. The van der Waals surface area contributed by atoms with Crippen LogP contribution in [-0.2, 0) is 11.3 Å². The number of aryl methyl sites for hydroxylation is 1. The van der Waals surface area contributed by atoms with Crippen molar-refractivity contribution in [1.29, 1.82) is 0 Å². The molecule has 0 radical (unpaired) electrons. The van der Waals surface area contributed by atoms with E-state index in [9.17, 15) is 9.59 Å². The highest BCUT2D eigenvalue weighted by Gasteiger charge is 2.09. The van der Waals surface area contributed by atoms with Gasteiger partial charge in [-0.2, -0.15) is 5.10 Å². The molecule has 5 aromatic rings. The number of fused-ring (bicyclic) bond motifs is 1. The molecule has 0 atom stereocenters. The lowest BCUT2D eigenvalue weighted by Gasteiger charge is -2.13. The number of ketones is 1. The van der Waals surface area contributed by atoms with Gasteiger partial charge in [0.15, 0.2) is 5.78 Å². The summed E-state index contributed by atoms with van der Waals surface area (Å²) in [5.41, 5.74) is 5.39. The zero-order chi connectivity index (χ0) is 27.9. The van der Waals surface area contributed by atoms with E-state index in [4.69, 9.17) is 0 Å².